The molecular weight excluding hydrogens is 290 g/mol. The summed E-state index contributed by atoms with van der Waals surface area (Å²) in [5.74, 6) is -0.888. The first-order valence-electron chi connectivity index (χ1n) is 8.71. The highest BCUT2D eigenvalue weighted by molar-refractivity contribution is 5.32. The molecule has 0 aliphatic heterocycles. The second-order valence-corrected chi connectivity index (χ2v) is 6.71. The van der Waals surface area contributed by atoms with Gasteiger partial charge in [-0.05, 0) is 72.8 Å². The molecule has 0 saturated carbocycles. The third kappa shape index (κ3) is 3.80. The first kappa shape index (κ1) is 16.2. The molecule has 2 heteroatoms. The van der Waals surface area contributed by atoms with Crippen LogP contribution in [0.4, 0.5) is 8.78 Å². The highest BCUT2D eigenvalue weighted by Gasteiger charge is 2.23. The maximum atomic E-state index is 14.0. The highest BCUT2D eigenvalue weighted by atomic mass is 19.2. The number of aryl methyl sites for hydroxylation is 3. The molecule has 122 valence electrons. The first-order chi connectivity index (χ1) is 11.2. The van der Waals surface area contributed by atoms with Crippen molar-refractivity contribution in [2.45, 2.75) is 51.9 Å². The first-order valence-corrected chi connectivity index (χ1v) is 8.71. The van der Waals surface area contributed by atoms with Crippen LogP contribution in [-0.2, 0) is 25.7 Å². The van der Waals surface area contributed by atoms with Crippen molar-refractivity contribution in [2.24, 2.45) is 5.92 Å². The maximum Gasteiger partial charge on any atom is 0.162 e. The Morgan fingerprint density at radius 3 is 2.35 bits per heavy atom. The van der Waals surface area contributed by atoms with E-state index in [0.717, 1.165) is 37.7 Å². The van der Waals surface area contributed by atoms with Gasteiger partial charge in [0.25, 0.3) is 0 Å². The van der Waals surface area contributed by atoms with Gasteiger partial charge in [-0.25, -0.2) is 8.78 Å². The zero-order valence-corrected chi connectivity index (χ0v) is 13.7. The molecule has 0 radical (unpaired) electrons. The average Bonchev–Trinajstić information content (AvgIpc) is 2.58. The molecule has 0 N–H and O–H groups in total. The Hall–Kier alpha value is -1.70. The van der Waals surface area contributed by atoms with Crippen LogP contribution < -0.4 is 0 Å². The van der Waals surface area contributed by atoms with Crippen LogP contribution in [0.15, 0.2) is 36.4 Å². The fourth-order valence-electron chi connectivity index (χ4n) is 3.62. The summed E-state index contributed by atoms with van der Waals surface area (Å²) in [7, 11) is 0. The molecule has 23 heavy (non-hydrogen) atoms. The lowest BCUT2D eigenvalue weighted by molar-refractivity contribution is 0.405. The minimum Gasteiger partial charge on any atom is -0.204 e. The molecule has 0 aromatic heterocycles. The van der Waals surface area contributed by atoms with Crippen LogP contribution in [-0.4, -0.2) is 0 Å². The fourth-order valence-corrected chi connectivity index (χ4v) is 3.62. The Kier molecular flexibility index (Phi) is 5.09. The highest BCUT2D eigenvalue weighted by Crippen LogP contribution is 2.31. The molecule has 0 nitrogen and oxygen atoms in total. The molecule has 0 amide bonds. The van der Waals surface area contributed by atoms with Gasteiger partial charge in [-0.2, -0.15) is 0 Å². The lowest BCUT2D eigenvalue weighted by atomic mass is 9.81. The van der Waals surface area contributed by atoms with Gasteiger partial charge in [-0.15, -0.1) is 0 Å². The van der Waals surface area contributed by atoms with Gasteiger partial charge >= 0.3 is 0 Å². The van der Waals surface area contributed by atoms with Crippen LogP contribution in [0.1, 0.15) is 48.4 Å². The molecule has 0 heterocycles. The van der Waals surface area contributed by atoms with Gasteiger partial charge in [0.1, 0.15) is 0 Å². The predicted molar refractivity (Wildman–Crippen MR) is 90.6 cm³/mol. The summed E-state index contributed by atoms with van der Waals surface area (Å²) in [6.45, 7) is 2.19. The van der Waals surface area contributed by atoms with Crippen LogP contribution in [0, 0.1) is 17.6 Å². The van der Waals surface area contributed by atoms with Gasteiger partial charge in [-0.3, -0.25) is 0 Å². The van der Waals surface area contributed by atoms with E-state index in [4.69, 9.17) is 0 Å². The number of halogens is 2. The zero-order valence-electron chi connectivity index (χ0n) is 13.7. The van der Waals surface area contributed by atoms with Crippen molar-refractivity contribution in [3.05, 3.63) is 70.3 Å². The molecule has 1 unspecified atom stereocenters. The summed E-state index contributed by atoms with van der Waals surface area (Å²) in [5, 5.41) is 0. The molecule has 3 rings (SSSR count). The summed E-state index contributed by atoms with van der Waals surface area (Å²) in [6, 6.07) is 11.8. The van der Waals surface area contributed by atoms with E-state index in [1.807, 2.05) is 0 Å². The normalized spacial score (nSPS) is 17.1. The largest absolute Gasteiger partial charge is 0.204 e. The third-order valence-electron chi connectivity index (χ3n) is 5.01. The number of rotatable bonds is 5. The topological polar surface area (TPSA) is 0 Å². The Bertz CT molecular complexity index is 658. The van der Waals surface area contributed by atoms with Crippen molar-refractivity contribution in [2.75, 3.05) is 0 Å². The monoisotopic (exact) mass is 314 g/mol. The van der Waals surface area contributed by atoms with Gasteiger partial charge in [0.15, 0.2) is 11.6 Å². The van der Waals surface area contributed by atoms with Crippen molar-refractivity contribution in [3.8, 4) is 0 Å². The zero-order chi connectivity index (χ0) is 16.2. The minimum absolute atomic E-state index is 0.453. The SMILES string of the molecule is CCCc1ccc(CCC2CCc3ccc(F)c(F)c3C2)cc1. The molecular formula is C21H24F2. The molecule has 1 aliphatic carbocycles. The quantitative estimate of drug-likeness (QED) is 0.668. The second kappa shape index (κ2) is 7.25. The summed E-state index contributed by atoms with van der Waals surface area (Å²) >= 11 is 0. The standard InChI is InChI=1S/C21H24F2/c1-2-3-15-4-6-16(7-5-15)8-9-17-10-11-18-12-13-20(22)21(23)19(18)14-17/h4-7,12-13,17H,2-3,8-11,14H2,1H3. The molecule has 0 fully saturated rings. The lowest BCUT2D eigenvalue weighted by Crippen LogP contribution is -2.17. The van der Waals surface area contributed by atoms with Crippen LogP contribution in [0.2, 0.25) is 0 Å². The summed E-state index contributed by atoms with van der Waals surface area (Å²) in [4.78, 5) is 0. The molecule has 2 aromatic rings. The molecule has 1 aliphatic rings. The smallest absolute Gasteiger partial charge is 0.162 e. The molecule has 0 spiro atoms. The lowest BCUT2D eigenvalue weighted by Gasteiger charge is -2.25. The third-order valence-corrected chi connectivity index (χ3v) is 5.01. The molecule has 0 saturated heterocycles. The molecule has 0 bridgehead atoms. The van der Waals surface area contributed by atoms with Crippen LogP contribution in [0.5, 0.6) is 0 Å². The van der Waals surface area contributed by atoms with E-state index >= 15 is 0 Å². The van der Waals surface area contributed by atoms with E-state index in [0.29, 0.717) is 17.9 Å². The predicted octanol–water partition coefficient (Wildman–Crippen LogP) is 5.66. The van der Waals surface area contributed by atoms with Crippen molar-refractivity contribution in [1.82, 2.24) is 0 Å². The van der Waals surface area contributed by atoms with Crippen LogP contribution >= 0.6 is 0 Å². The van der Waals surface area contributed by atoms with Crippen molar-refractivity contribution >= 4 is 0 Å². The van der Waals surface area contributed by atoms with Gasteiger partial charge in [0.2, 0.25) is 0 Å². The van der Waals surface area contributed by atoms with Crippen LogP contribution in [0.25, 0.3) is 0 Å². The van der Waals surface area contributed by atoms with E-state index in [9.17, 15) is 8.78 Å². The Balaban J connectivity index is 1.60. The summed E-state index contributed by atoms with van der Waals surface area (Å²) in [6.07, 6.45) is 6.98. The van der Waals surface area contributed by atoms with Gasteiger partial charge in [-0.1, -0.05) is 43.7 Å². The van der Waals surface area contributed by atoms with Crippen molar-refractivity contribution in [1.29, 1.82) is 0 Å². The number of hydrogen-bond acceptors (Lipinski definition) is 0. The fraction of sp³-hybridized carbons (Fsp3) is 0.429. The summed E-state index contributed by atoms with van der Waals surface area (Å²) < 4.78 is 27.4. The van der Waals surface area contributed by atoms with E-state index < -0.39 is 11.6 Å². The number of benzene rings is 2. The Morgan fingerprint density at radius 2 is 1.65 bits per heavy atom. The van der Waals surface area contributed by atoms with Gasteiger partial charge in [0, 0.05) is 0 Å². The minimum atomic E-state index is -0.712. The summed E-state index contributed by atoms with van der Waals surface area (Å²) in [5.41, 5.74) is 4.33. The van der Waals surface area contributed by atoms with E-state index in [2.05, 4.69) is 31.2 Å². The van der Waals surface area contributed by atoms with E-state index in [1.165, 1.54) is 23.6 Å². The average molecular weight is 314 g/mol. The Morgan fingerprint density at radius 1 is 0.957 bits per heavy atom. The second-order valence-electron chi connectivity index (χ2n) is 6.71. The van der Waals surface area contributed by atoms with E-state index in [-0.39, 0.29) is 0 Å². The van der Waals surface area contributed by atoms with Gasteiger partial charge in [0.05, 0.1) is 0 Å². The number of fused-ring (bicyclic) bond motifs is 1. The molecule has 2 aromatic carbocycles. The molecule has 1 atom stereocenters. The van der Waals surface area contributed by atoms with Gasteiger partial charge < -0.3 is 0 Å². The van der Waals surface area contributed by atoms with Crippen LogP contribution in [0.3, 0.4) is 0 Å². The van der Waals surface area contributed by atoms with Crippen molar-refractivity contribution < 1.29 is 8.78 Å². The maximum absolute atomic E-state index is 14.0. The van der Waals surface area contributed by atoms with E-state index in [1.54, 1.807) is 6.07 Å². The number of hydrogen-bond donors (Lipinski definition) is 0. The van der Waals surface area contributed by atoms with Crippen molar-refractivity contribution in [3.63, 3.8) is 0 Å². The Labute approximate surface area is 137 Å².